The van der Waals surface area contributed by atoms with Gasteiger partial charge in [0, 0.05) is 36.5 Å². The summed E-state index contributed by atoms with van der Waals surface area (Å²) in [7, 11) is 0. The Balaban J connectivity index is -0.000000362. The van der Waals surface area contributed by atoms with Gasteiger partial charge in [-0.3, -0.25) is 0 Å². The Morgan fingerprint density at radius 2 is 0.242 bits per heavy atom. The molecule has 132 heavy (non-hydrogen) atoms. The maximum absolute atomic E-state index is 11.2. The lowest BCUT2D eigenvalue weighted by Gasteiger charge is -2.17. The standard InChI is InChI=1S/C25H48O2.2C20H38O2.C19H36O2.2C18H34O2/c1-4-7-9-11-13-15-17-20-24(22-19-23-27-25(26)6-3)21-18-16-14-12-10-8-5-2;1-4-7-9-11-12-14-16-19(15-13-10-8-5-2)17-18-22-20(21)6-3;1-4-7-9-11-13-15-19(16-14-12-10-8-5-2)17-18-22-20(21)6-3;1-4-7-9-11-13-15-18(14-12-10-8-5-2)16-17-21-19(20)6-3;1-4-7-9-10-12-14-17(13-11-8-5-2)15-16-20-18(19)6-3;1-4-7-9-11-13-17(14-12-10-8-5-2)15-16-20-18(19)6-3/h6,24H,3-5,7-23H2,1-2H3;2*6,19H,3-5,7-18H2,1-2H3;6,18H,3-5,7-17H2,1-2H3;2*6,17H,3-5,7-16H2,1-2H3. The van der Waals surface area contributed by atoms with Crippen molar-refractivity contribution in [3.63, 3.8) is 0 Å². The second-order valence-corrected chi connectivity index (χ2v) is 38.6. The average molecular weight is 1860 g/mol. The predicted molar refractivity (Wildman–Crippen MR) is 576 cm³/mol. The highest BCUT2D eigenvalue weighted by molar-refractivity contribution is 5.82. The summed E-state index contributed by atoms with van der Waals surface area (Å²) in [6.45, 7) is 51.0. The minimum atomic E-state index is -0.291. The fraction of sp³-hybridized carbons (Fsp3) is 0.850. The first-order chi connectivity index (χ1) is 64.4. The van der Waals surface area contributed by atoms with Crippen LogP contribution in [0.2, 0.25) is 0 Å². The Hall–Kier alpha value is -4.74. The van der Waals surface area contributed by atoms with Crippen LogP contribution in [0.15, 0.2) is 75.9 Å². The Labute approximate surface area is 823 Å². The van der Waals surface area contributed by atoms with E-state index in [4.69, 9.17) is 28.4 Å². The maximum atomic E-state index is 11.2. The minimum absolute atomic E-state index is 0.286. The number of esters is 6. The van der Waals surface area contributed by atoms with Gasteiger partial charge in [-0.05, 0) is 80.5 Å². The third-order valence-electron chi connectivity index (χ3n) is 26.2. The first-order valence-electron chi connectivity index (χ1n) is 57.2. The van der Waals surface area contributed by atoms with E-state index in [1.807, 2.05) is 0 Å². The van der Waals surface area contributed by atoms with Gasteiger partial charge >= 0.3 is 35.8 Å². The van der Waals surface area contributed by atoms with Gasteiger partial charge in [0.2, 0.25) is 0 Å². The quantitative estimate of drug-likeness (QED) is 0.0246. The molecule has 0 aliphatic rings. The summed E-state index contributed by atoms with van der Waals surface area (Å²) in [4.78, 5) is 66.6. The molecule has 0 heterocycles. The molecule has 0 aromatic carbocycles. The SMILES string of the molecule is C=CC(=O)OCCC(CCCCC)CCCCCCC.C=CC(=O)OCCC(CCCCCC)CCCCCC.C=CC(=O)OCCC(CCCCCC)CCCCCCC.C=CC(=O)OCCC(CCCCCC)CCCCCCCC.C=CC(=O)OCCC(CCCCCCC)CCCCCCC.C=CC(=O)OCCCC(CCCCCCCCC)CCCCCCCCC. The maximum Gasteiger partial charge on any atom is 0.330 e. The Bertz CT molecular complexity index is 2360. The molecule has 0 saturated carbocycles. The number of rotatable bonds is 96. The number of hydrogen-bond donors (Lipinski definition) is 0. The molecular weight excluding hydrogens is 1630 g/mol. The zero-order chi connectivity index (χ0) is 98.8. The molecule has 0 N–H and O–H groups in total. The van der Waals surface area contributed by atoms with Gasteiger partial charge in [-0.15, -0.1) is 0 Å². The van der Waals surface area contributed by atoms with E-state index in [1.165, 1.54) is 499 Å². The van der Waals surface area contributed by atoms with E-state index in [-0.39, 0.29) is 35.8 Å². The lowest BCUT2D eigenvalue weighted by molar-refractivity contribution is -0.139. The van der Waals surface area contributed by atoms with Crippen molar-refractivity contribution in [3.05, 3.63) is 75.9 Å². The number of carbonyl (C=O) groups is 6. The van der Waals surface area contributed by atoms with E-state index in [0.29, 0.717) is 39.6 Å². The topological polar surface area (TPSA) is 158 Å². The number of unbranched alkanes of at least 4 members (excludes halogenated alkanes) is 47. The first kappa shape index (κ1) is 138. The van der Waals surface area contributed by atoms with Crippen molar-refractivity contribution in [1.82, 2.24) is 0 Å². The lowest BCUT2D eigenvalue weighted by atomic mass is 9.90. The highest BCUT2D eigenvalue weighted by Crippen LogP contribution is 2.29. The Morgan fingerprint density at radius 1 is 0.144 bits per heavy atom. The zero-order valence-corrected chi connectivity index (χ0v) is 90.5. The van der Waals surface area contributed by atoms with Crippen molar-refractivity contribution in [2.75, 3.05) is 39.6 Å². The molecule has 12 heteroatoms. The monoisotopic (exact) mass is 1860 g/mol. The van der Waals surface area contributed by atoms with Crippen molar-refractivity contribution in [2.45, 2.75) is 584 Å². The van der Waals surface area contributed by atoms with Crippen LogP contribution in [-0.2, 0) is 57.2 Å². The molecule has 0 bridgehead atoms. The molecule has 12 nitrogen and oxygen atoms in total. The van der Waals surface area contributed by atoms with Gasteiger partial charge in [-0.2, -0.15) is 0 Å². The van der Waals surface area contributed by atoms with E-state index in [9.17, 15) is 28.8 Å². The molecule has 0 aromatic heterocycles. The molecule has 0 fully saturated rings. The van der Waals surface area contributed by atoms with E-state index in [2.05, 4.69) is 123 Å². The minimum Gasteiger partial charge on any atom is -0.463 e. The van der Waals surface area contributed by atoms with Crippen molar-refractivity contribution in [1.29, 1.82) is 0 Å². The summed E-state index contributed by atoms with van der Waals surface area (Å²) in [6, 6.07) is 0. The average Bonchev–Trinajstić information content (AvgIpc) is 1.02. The van der Waals surface area contributed by atoms with Crippen molar-refractivity contribution < 1.29 is 57.2 Å². The van der Waals surface area contributed by atoms with Crippen molar-refractivity contribution in [3.8, 4) is 0 Å². The molecule has 0 aromatic rings. The normalized spacial score (nSPS) is 11.5. The zero-order valence-electron chi connectivity index (χ0n) is 90.5. The van der Waals surface area contributed by atoms with Crippen LogP contribution < -0.4 is 0 Å². The molecule has 0 amide bonds. The summed E-state index contributed by atoms with van der Waals surface area (Å²) >= 11 is 0. The van der Waals surface area contributed by atoms with Crippen LogP contribution in [0.3, 0.4) is 0 Å². The fourth-order valence-corrected chi connectivity index (χ4v) is 17.4. The smallest absolute Gasteiger partial charge is 0.330 e. The Kier molecular flexibility index (Phi) is 128. The van der Waals surface area contributed by atoms with Crippen LogP contribution in [0.1, 0.15) is 584 Å². The van der Waals surface area contributed by atoms with E-state index in [1.54, 1.807) is 0 Å². The van der Waals surface area contributed by atoms with Crippen LogP contribution in [0.4, 0.5) is 0 Å². The summed E-state index contributed by atoms with van der Waals surface area (Å²) in [6.07, 6.45) is 110. The van der Waals surface area contributed by atoms with E-state index in [0.717, 1.165) is 74.0 Å². The molecule has 0 aliphatic heterocycles. The van der Waals surface area contributed by atoms with Crippen LogP contribution in [-0.4, -0.2) is 75.5 Å². The number of carbonyl (C=O) groups excluding carboxylic acids is 6. The molecule has 780 valence electrons. The molecule has 3 unspecified atom stereocenters. The molecular formula is C120H228O12. The summed E-state index contributed by atoms with van der Waals surface area (Å²) in [5.74, 6) is 2.70. The first-order valence-corrected chi connectivity index (χ1v) is 57.2. The number of ether oxygens (including phenoxy) is 6. The van der Waals surface area contributed by atoms with Gasteiger partial charge in [0.15, 0.2) is 0 Å². The van der Waals surface area contributed by atoms with Gasteiger partial charge in [-0.1, -0.05) is 578 Å². The molecule has 0 radical (unpaired) electrons. The van der Waals surface area contributed by atoms with E-state index >= 15 is 0 Å². The second kappa shape index (κ2) is 122. The highest BCUT2D eigenvalue weighted by atomic mass is 16.5. The summed E-state index contributed by atoms with van der Waals surface area (Å²) in [5, 5.41) is 0. The highest BCUT2D eigenvalue weighted by Gasteiger charge is 2.17. The van der Waals surface area contributed by atoms with Gasteiger partial charge in [0.05, 0.1) is 39.6 Å². The Morgan fingerprint density at radius 3 is 0.386 bits per heavy atom. The van der Waals surface area contributed by atoms with Crippen LogP contribution in [0.5, 0.6) is 0 Å². The van der Waals surface area contributed by atoms with Crippen LogP contribution in [0, 0.1) is 35.5 Å². The van der Waals surface area contributed by atoms with Crippen molar-refractivity contribution >= 4 is 35.8 Å². The molecule has 0 rings (SSSR count). The van der Waals surface area contributed by atoms with E-state index < -0.39 is 0 Å². The summed E-state index contributed by atoms with van der Waals surface area (Å²) in [5.41, 5.74) is 0. The fourth-order valence-electron chi connectivity index (χ4n) is 17.4. The van der Waals surface area contributed by atoms with Gasteiger partial charge in [0.25, 0.3) is 0 Å². The van der Waals surface area contributed by atoms with Gasteiger partial charge < -0.3 is 28.4 Å². The predicted octanol–water partition coefficient (Wildman–Crippen LogP) is 38.7. The third-order valence-corrected chi connectivity index (χ3v) is 26.2. The largest absolute Gasteiger partial charge is 0.463 e. The second-order valence-electron chi connectivity index (χ2n) is 38.6. The number of hydrogen-bond acceptors (Lipinski definition) is 12. The summed E-state index contributed by atoms with van der Waals surface area (Å²) < 4.78 is 30.8. The van der Waals surface area contributed by atoms with Gasteiger partial charge in [-0.25, -0.2) is 28.8 Å². The van der Waals surface area contributed by atoms with Crippen LogP contribution in [0.25, 0.3) is 0 Å². The molecule has 0 spiro atoms. The van der Waals surface area contributed by atoms with Gasteiger partial charge in [0.1, 0.15) is 0 Å². The van der Waals surface area contributed by atoms with Crippen molar-refractivity contribution in [2.24, 2.45) is 35.5 Å². The lowest BCUT2D eigenvalue weighted by Crippen LogP contribution is -2.09. The van der Waals surface area contributed by atoms with Crippen LogP contribution >= 0.6 is 0 Å². The molecule has 0 saturated heterocycles. The third kappa shape index (κ3) is 119. The molecule has 0 aliphatic carbocycles. The molecule has 3 atom stereocenters.